The van der Waals surface area contributed by atoms with Crippen molar-refractivity contribution in [3.05, 3.63) is 335 Å². The van der Waals surface area contributed by atoms with E-state index in [1.165, 1.54) is 109 Å². The molecule has 14 rings (SSSR count). The minimum Gasteiger partial charge on any atom is -1.00 e. The summed E-state index contributed by atoms with van der Waals surface area (Å²) in [7, 11) is -7.17. The van der Waals surface area contributed by atoms with Crippen LogP contribution in [0, 0.1) is 23.3 Å². The summed E-state index contributed by atoms with van der Waals surface area (Å²) in [5, 5.41) is 32.3. The average Bonchev–Trinajstić information content (AvgIpc) is 1.68. The standard InChI is InChI=1S/C28H29FN4O4S.C20H19FN2O3.C18H15FN2O3.C13H16N2O2.C10H16N2O2S.C7H5FO2.CH4.ClH.HI.Li.H2O/c1-28(2,3)33-38(36,37)22-14-12-21(13-15-22)31-27(35)25(32-26(34)18-8-10-20(29)11-9-18)16-19-17-30-24-7-5-4-6-23(19)24;1-2-26-20(25)18(23-19(24)13-7-9-15(21)10-8-13)11-14-12-22-17-6-4-3-5-16(14)17;19-13-7-5-11(6-8-13)17(22)21-16(18(23)24)9-12-10-20-15-4-2-1-3-14(12)15;1-2-17-13(16)11(14)7-9-8-15-12-6-4-3-5-10(9)12;1-10(2,3)12-15(13,14)9-6-4-8(11)5-7-9;8-6-3-1-5(2-4-6)7(9)10;;;;;/h4-15,17,25,30,33H,16H2,1-3H3,(H,31,35)(H,32,34);3-10,12,18,22H,2,11H2,1H3,(H,23,24);1-8,10,16,20H,9H2,(H,21,22)(H,23,24);3-6,8,11,15H,2,7,14H2,1H3;4-7,12H,11H2,1-3H3;1-4H,(H,9,10);1H4;2*1H;;1H2/q;;;;;;;;;+1;/p-2/t25-;18-;16-;11-;;;;;;;/m0000......./s1. The summed E-state index contributed by atoms with van der Waals surface area (Å²) in [6.07, 6.45) is 8.35. The molecule has 712 valence electrons. The van der Waals surface area contributed by atoms with E-state index in [4.69, 9.17) is 26.0 Å². The number of aromatic nitrogens is 4. The van der Waals surface area contributed by atoms with Crippen LogP contribution in [-0.4, -0.2) is 148 Å². The molecule has 0 aliphatic heterocycles. The summed E-state index contributed by atoms with van der Waals surface area (Å²) >= 11 is 0. The molecule has 135 heavy (non-hydrogen) atoms. The van der Waals surface area contributed by atoms with E-state index in [0.717, 1.165) is 90.1 Å². The van der Waals surface area contributed by atoms with Crippen molar-refractivity contribution in [1.82, 2.24) is 45.3 Å². The Balaban J connectivity index is 0.000000351. The number of nitrogen functional groups attached to an aromatic ring is 1. The van der Waals surface area contributed by atoms with E-state index < -0.39 is 120 Å². The molecule has 0 radical (unpaired) electrons. The van der Waals surface area contributed by atoms with Crippen molar-refractivity contribution in [2.45, 2.75) is 134 Å². The van der Waals surface area contributed by atoms with E-state index in [1.807, 2.05) is 109 Å². The molecule has 38 heteroatoms. The molecule has 14 aromatic rings. The maximum atomic E-state index is 13.3. The number of anilines is 2. The van der Waals surface area contributed by atoms with Gasteiger partial charge in [-0.25, -0.2) is 58.2 Å². The van der Waals surface area contributed by atoms with E-state index in [1.54, 1.807) is 79.9 Å². The van der Waals surface area contributed by atoms with Crippen LogP contribution in [-0.2, 0) is 74.4 Å². The van der Waals surface area contributed by atoms with Crippen molar-refractivity contribution < 1.29 is 141 Å². The summed E-state index contributed by atoms with van der Waals surface area (Å²) in [4.78, 5) is 109. The minimum absolute atomic E-state index is 0. The molecule has 0 spiro atoms. The second-order valence-electron chi connectivity index (χ2n) is 31.4. The number of fused-ring (bicyclic) bond motifs is 4. The van der Waals surface area contributed by atoms with Crippen LogP contribution in [0.15, 0.2) is 277 Å². The molecular weight excluding hydrogens is 1910 g/mol. The van der Waals surface area contributed by atoms with Gasteiger partial charge in [-0.15, -0.1) is 12.4 Å². The van der Waals surface area contributed by atoms with Gasteiger partial charge in [0.25, 0.3) is 17.7 Å². The number of carboxylic acid groups (broad SMARTS) is 2. The van der Waals surface area contributed by atoms with Gasteiger partial charge in [-0.1, -0.05) is 80.2 Å². The molecule has 0 saturated carbocycles. The van der Waals surface area contributed by atoms with E-state index in [9.17, 15) is 77.9 Å². The minimum atomic E-state index is -3.73. The predicted molar refractivity (Wildman–Crippen MR) is 505 cm³/mol. The third kappa shape index (κ3) is 35.1. The largest absolute Gasteiger partial charge is 1.00 e. The zero-order valence-corrected chi connectivity index (χ0v) is 78.9. The molecule has 0 saturated heterocycles. The number of carbonyl (C=O) groups excluding carboxylic acids is 6. The molecule has 0 unspecified atom stereocenters. The first kappa shape index (κ1) is 114. The monoisotopic (exact) mass is 2020 g/mol. The summed E-state index contributed by atoms with van der Waals surface area (Å²) in [6, 6.07) is 59.0. The van der Waals surface area contributed by atoms with Gasteiger partial charge in [0.2, 0.25) is 26.0 Å². The van der Waals surface area contributed by atoms with E-state index >= 15 is 0 Å². The van der Waals surface area contributed by atoms with Crippen LogP contribution in [0.2, 0.25) is 0 Å². The van der Waals surface area contributed by atoms with Crippen LogP contribution < -0.4 is 85.0 Å². The van der Waals surface area contributed by atoms with Gasteiger partial charge in [-0.2, -0.15) is 0 Å². The fourth-order valence-electron chi connectivity index (χ4n) is 12.9. The predicted octanol–water partition coefficient (Wildman–Crippen LogP) is 9.67. The third-order valence-electron chi connectivity index (χ3n) is 19.0. The van der Waals surface area contributed by atoms with Gasteiger partial charge >= 0.3 is 42.7 Å². The molecule has 4 amide bonds. The second kappa shape index (κ2) is 53.2. The van der Waals surface area contributed by atoms with Gasteiger partial charge in [0.15, 0.2) is 0 Å². The molecule has 0 aliphatic carbocycles. The molecule has 4 aromatic heterocycles. The number of para-hydroxylation sites is 4. The smallest absolute Gasteiger partial charge is 1.00 e. The maximum absolute atomic E-state index is 13.3. The van der Waals surface area contributed by atoms with Crippen molar-refractivity contribution in [3.63, 3.8) is 0 Å². The molecule has 0 fully saturated rings. The number of H-pyrrole nitrogens is 4. The molecular formula is C97H106ClF4ILiN12O17S2-. The van der Waals surface area contributed by atoms with Crippen LogP contribution in [0.4, 0.5) is 28.9 Å². The molecule has 29 nitrogen and oxygen atoms in total. The number of nitrogens with two attached hydrogens (primary N) is 2. The van der Waals surface area contributed by atoms with Crippen molar-refractivity contribution in [2.75, 3.05) is 24.3 Å². The fourth-order valence-corrected chi connectivity index (χ4v) is 15.8. The fraction of sp³-hybridized carbons (Fsp3) is 0.216. The number of carbonyl (C=O) groups is 8. The number of rotatable bonds is 26. The van der Waals surface area contributed by atoms with Crippen LogP contribution >= 0.6 is 12.4 Å². The number of nitrogens with one attached hydrogen (secondary N) is 10. The zero-order chi connectivity index (χ0) is 94.6. The Bertz CT molecular complexity index is 6490. The van der Waals surface area contributed by atoms with Gasteiger partial charge in [0.05, 0.1) is 28.6 Å². The number of ether oxygens (including phenoxy) is 2. The number of esters is 2. The summed E-state index contributed by atoms with van der Waals surface area (Å²) < 4.78 is 115. The normalized spacial score (nSPS) is 11.7. The molecule has 4 atom stereocenters. The number of aromatic amines is 4. The molecule has 4 heterocycles. The Morgan fingerprint density at radius 2 is 0.689 bits per heavy atom. The number of hydrogen-bond acceptors (Lipinski definition) is 17. The van der Waals surface area contributed by atoms with Gasteiger partial charge in [-0.3, -0.25) is 24.0 Å². The number of hydrogen-bond donors (Lipinski definition) is 14. The first-order valence-electron chi connectivity index (χ1n) is 40.7. The quantitative estimate of drug-likeness (QED) is 0.00788. The molecule has 10 aromatic carbocycles. The Kier molecular flexibility index (Phi) is 45.0. The first-order valence-corrected chi connectivity index (χ1v) is 43.7. The Morgan fingerprint density at radius 1 is 0.407 bits per heavy atom. The maximum Gasteiger partial charge on any atom is 1.00 e. The molecule has 0 aliphatic rings. The number of aromatic carboxylic acids is 1. The van der Waals surface area contributed by atoms with Crippen LogP contribution in [0.3, 0.4) is 0 Å². The van der Waals surface area contributed by atoms with Crippen LogP contribution in [0.5, 0.6) is 0 Å². The van der Waals surface area contributed by atoms with Crippen molar-refractivity contribution in [3.8, 4) is 0 Å². The van der Waals surface area contributed by atoms with E-state index in [2.05, 4.69) is 50.6 Å². The van der Waals surface area contributed by atoms with Crippen molar-refractivity contribution in [2.24, 2.45) is 5.73 Å². The Hall–Kier alpha value is -13.0. The van der Waals surface area contributed by atoms with Gasteiger partial charge in [-0.05, 0) is 248 Å². The van der Waals surface area contributed by atoms with Gasteiger partial charge < -0.3 is 102 Å². The molecule has 17 N–H and O–H groups in total. The van der Waals surface area contributed by atoms with Crippen LogP contribution in [0.1, 0.15) is 127 Å². The average molecular weight is 2020 g/mol. The summed E-state index contributed by atoms with van der Waals surface area (Å²) in [6.45, 7) is 14.7. The number of halogens is 6. The third-order valence-corrected chi connectivity index (χ3v) is 22.6. The van der Waals surface area contributed by atoms with E-state index in [0.29, 0.717) is 24.4 Å². The zero-order valence-electron chi connectivity index (χ0n) is 74.3. The topological polar surface area (TPSA) is 481 Å². The Labute approximate surface area is 813 Å². The molecule has 0 bridgehead atoms. The van der Waals surface area contributed by atoms with Gasteiger partial charge in [0.1, 0.15) is 47.4 Å². The number of sulfonamides is 2. The number of amides is 4. The van der Waals surface area contributed by atoms with Crippen molar-refractivity contribution in [1.29, 1.82) is 0 Å². The van der Waals surface area contributed by atoms with Crippen molar-refractivity contribution >= 4 is 135 Å². The summed E-state index contributed by atoms with van der Waals surface area (Å²) in [5.74, 6) is -6.84. The SMILES string of the molecule is C.CC(C)(C)NS(=O)(=O)c1ccc(N)cc1.CC(C)(C)NS(=O)(=O)c1ccc(NC(=O)[C@H](Cc2c[nH]c3ccccc23)NC(=O)c2ccc(F)cc2)cc1.CCOC(=O)[C@@H](N)Cc1c[nH]c2ccccc12.CCOC(=O)[C@H](Cc1c[nH]c2ccccc12)NC(=O)c1ccc(F)cc1.Cl.O=C(N[C@@H](Cc1c[nH]c2ccccc12)C(=O)O)c1ccc(F)cc1.O=C(O)c1ccc(F)cc1.[I-].[Li+].[OH-]. The Morgan fingerprint density at radius 3 is 1.01 bits per heavy atom. The van der Waals surface area contributed by atoms with Gasteiger partial charge in [0, 0.05) is 133 Å². The second-order valence-corrected chi connectivity index (χ2v) is 34.8. The number of aliphatic carboxylic acids is 1. The number of carboxylic acids is 2. The first-order chi connectivity index (χ1) is 61.7. The van der Waals surface area contributed by atoms with Crippen LogP contribution in [0.25, 0.3) is 43.6 Å². The number of benzene rings is 10. The summed E-state index contributed by atoms with van der Waals surface area (Å²) in [5.41, 5.74) is 19.2. The van der Waals surface area contributed by atoms with E-state index in [-0.39, 0.29) is 132 Å².